The maximum absolute atomic E-state index is 11.6. The molecule has 4 rings (SSSR count). The number of hydrogen-bond acceptors (Lipinski definition) is 7. The lowest BCUT2D eigenvalue weighted by molar-refractivity contribution is -0.142. The van der Waals surface area contributed by atoms with Crippen LogP contribution in [0.1, 0.15) is 38.1 Å². The van der Waals surface area contributed by atoms with Gasteiger partial charge in [0.2, 0.25) is 11.7 Å². The van der Waals surface area contributed by atoms with E-state index in [0.717, 1.165) is 51.1 Å². The van der Waals surface area contributed by atoms with Gasteiger partial charge >= 0.3 is 5.97 Å². The van der Waals surface area contributed by atoms with Crippen molar-refractivity contribution in [3.8, 4) is 11.4 Å². The molecule has 1 saturated carbocycles. The molecule has 1 aromatic heterocycles. The Kier molecular flexibility index (Phi) is 5.46. The van der Waals surface area contributed by atoms with E-state index in [-0.39, 0.29) is 17.4 Å². The summed E-state index contributed by atoms with van der Waals surface area (Å²) in [6.45, 7) is 7.01. The van der Waals surface area contributed by atoms with Gasteiger partial charge in [-0.15, -0.1) is 0 Å². The third-order valence-electron chi connectivity index (χ3n) is 6.05. The Morgan fingerprint density at radius 2 is 1.93 bits per heavy atom. The van der Waals surface area contributed by atoms with Crippen molar-refractivity contribution in [3.05, 3.63) is 36.2 Å². The number of carbonyl (C=O) groups is 1. The molecule has 0 radical (unpaired) electrons. The molecule has 7 heteroatoms. The summed E-state index contributed by atoms with van der Waals surface area (Å²) in [5, 5.41) is 4.14. The molecular weight excluding hydrogens is 356 g/mol. The summed E-state index contributed by atoms with van der Waals surface area (Å²) in [6, 6.07) is 9.99. The molecule has 150 valence electrons. The van der Waals surface area contributed by atoms with E-state index in [1.54, 1.807) is 0 Å². The fourth-order valence-corrected chi connectivity index (χ4v) is 3.99. The van der Waals surface area contributed by atoms with Gasteiger partial charge in [-0.2, -0.15) is 4.98 Å². The van der Waals surface area contributed by atoms with Crippen LogP contribution in [0.5, 0.6) is 0 Å². The zero-order valence-corrected chi connectivity index (χ0v) is 16.6. The number of piperazine rings is 1. The summed E-state index contributed by atoms with van der Waals surface area (Å²) >= 11 is 0. The largest absolute Gasteiger partial charge is 0.469 e. The molecule has 28 heavy (non-hydrogen) atoms. The van der Waals surface area contributed by atoms with Crippen LogP contribution in [0.4, 0.5) is 0 Å². The van der Waals surface area contributed by atoms with Gasteiger partial charge in [0.15, 0.2) is 0 Å². The minimum atomic E-state index is -0.0876. The Balaban J connectivity index is 1.30. The van der Waals surface area contributed by atoms with E-state index in [1.807, 2.05) is 30.3 Å². The molecule has 2 fully saturated rings. The van der Waals surface area contributed by atoms with Crippen LogP contribution in [0, 0.1) is 5.41 Å². The fraction of sp³-hybridized carbons (Fsp3) is 0.571. The van der Waals surface area contributed by atoms with Crippen LogP contribution in [-0.2, 0) is 9.53 Å². The predicted octanol–water partition coefficient (Wildman–Crippen LogP) is 2.76. The second-order valence-electron chi connectivity index (χ2n) is 8.06. The number of benzene rings is 1. The second-order valence-corrected chi connectivity index (χ2v) is 8.06. The Bertz CT molecular complexity index is 795. The van der Waals surface area contributed by atoms with Gasteiger partial charge in [-0.25, -0.2) is 0 Å². The molecule has 0 spiro atoms. The summed E-state index contributed by atoms with van der Waals surface area (Å²) in [5.41, 5.74) is 1.12. The molecule has 1 unspecified atom stereocenters. The van der Waals surface area contributed by atoms with Gasteiger partial charge in [0.1, 0.15) is 0 Å². The van der Waals surface area contributed by atoms with Crippen molar-refractivity contribution in [1.82, 2.24) is 19.9 Å². The molecule has 2 heterocycles. The van der Waals surface area contributed by atoms with Crippen LogP contribution in [0.15, 0.2) is 34.9 Å². The normalized spacial score (nSPS) is 20.6. The van der Waals surface area contributed by atoms with Crippen molar-refractivity contribution in [2.75, 3.05) is 39.8 Å². The van der Waals surface area contributed by atoms with Crippen LogP contribution in [0.25, 0.3) is 11.4 Å². The Labute approximate surface area is 165 Å². The first kappa shape index (κ1) is 19.1. The monoisotopic (exact) mass is 384 g/mol. The van der Waals surface area contributed by atoms with E-state index in [2.05, 4.69) is 26.9 Å². The number of methoxy groups -OCH3 is 1. The molecular formula is C21H28N4O3. The lowest BCUT2D eigenvalue weighted by Gasteiger charge is -2.38. The first-order chi connectivity index (χ1) is 13.6. The van der Waals surface area contributed by atoms with Gasteiger partial charge in [-0.1, -0.05) is 35.5 Å². The number of nitrogens with zero attached hydrogens (tertiary/aromatic N) is 4. The molecule has 7 nitrogen and oxygen atoms in total. The second kappa shape index (κ2) is 8.01. The Morgan fingerprint density at radius 1 is 1.21 bits per heavy atom. The standard InChI is InChI=1S/C21H28N4O3/c1-16(20-22-19(23-28-20)17-6-4-3-5-7-17)25-12-10-24(11-13-25)15-21(8-9-21)14-18(26)27-2/h3-7,16H,8-15H2,1-2H3. The van der Waals surface area contributed by atoms with Crippen LogP contribution in [0.3, 0.4) is 0 Å². The number of ether oxygens (including phenoxy) is 1. The van der Waals surface area contributed by atoms with E-state index in [9.17, 15) is 4.79 Å². The summed E-state index contributed by atoms with van der Waals surface area (Å²) in [6.07, 6.45) is 2.80. The van der Waals surface area contributed by atoms with Gasteiger partial charge in [0.05, 0.1) is 19.6 Å². The van der Waals surface area contributed by atoms with Crippen molar-refractivity contribution in [1.29, 1.82) is 0 Å². The molecule has 1 saturated heterocycles. The number of esters is 1. The van der Waals surface area contributed by atoms with Crippen molar-refractivity contribution < 1.29 is 14.1 Å². The third-order valence-corrected chi connectivity index (χ3v) is 6.05. The van der Waals surface area contributed by atoms with Gasteiger partial charge in [0, 0.05) is 38.3 Å². The van der Waals surface area contributed by atoms with Crippen LogP contribution < -0.4 is 0 Å². The molecule has 0 bridgehead atoms. The third kappa shape index (κ3) is 4.25. The zero-order chi connectivity index (χ0) is 19.6. The molecule has 2 aromatic rings. The van der Waals surface area contributed by atoms with Crippen molar-refractivity contribution in [3.63, 3.8) is 0 Å². The average molecular weight is 384 g/mol. The molecule has 0 amide bonds. The predicted molar refractivity (Wildman–Crippen MR) is 104 cm³/mol. The van der Waals surface area contributed by atoms with E-state index in [4.69, 9.17) is 9.26 Å². The smallest absolute Gasteiger partial charge is 0.306 e. The van der Waals surface area contributed by atoms with Gasteiger partial charge in [-0.05, 0) is 25.2 Å². The summed E-state index contributed by atoms with van der Waals surface area (Å²) in [7, 11) is 1.47. The van der Waals surface area contributed by atoms with Gasteiger partial charge in [0.25, 0.3) is 0 Å². The number of rotatable bonds is 7. The maximum Gasteiger partial charge on any atom is 0.306 e. The minimum absolute atomic E-state index is 0.0876. The maximum atomic E-state index is 11.6. The van der Waals surface area contributed by atoms with Crippen LogP contribution in [0.2, 0.25) is 0 Å². The molecule has 1 aliphatic heterocycles. The number of hydrogen-bond donors (Lipinski definition) is 0. The highest BCUT2D eigenvalue weighted by Crippen LogP contribution is 2.49. The summed E-state index contributed by atoms with van der Waals surface area (Å²) < 4.78 is 10.4. The molecule has 2 aliphatic rings. The summed E-state index contributed by atoms with van der Waals surface area (Å²) in [4.78, 5) is 21.1. The van der Waals surface area contributed by atoms with E-state index < -0.39 is 0 Å². The van der Waals surface area contributed by atoms with Gasteiger partial charge in [-0.3, -0.25) is 9.69 Å². The van der Waals surface area contributed by atoms with Crippen molar-refractivity contribution in [2.24, 2.45) is 5.41 Å². The highest BCUT2D eigenvalue weighted by Gasteiger charge is 2.46. The van der Waals surface area contributed by atoms with Crippen molar-refractivity contribution >= 4 is 5.97 Å². The lowest BCUT2D eigenvalue weighted by Crippen LogP contribution is -2.48. The summed E-state index contributed by atoms with van der Waals surface area (Å²) in [5.74, 6) is 1.21. The van der Waals surface area contributed by atoms with E-state index >= 15 is 0 Å². The van der Waals surface area contributed by atoms with E-state index in [1.165, 1.54) is 7.11 Å². The Hall–Kier alpha value is -2.25. The van der Waals surface area contributed by atoms with Crippen molar-refractivity contribution in [2.45, 2.75) is 32.2 Å². The highest BCUT2D eigenvalue weighted by atomic mass is 16.5. The number of carbonyl (C=O) groups excluding carboxylic acids is 1. The number of aromatic nitrogens is 2. The first-order valence-electron chi connectivity index (χ1n) is 10.0. The molecule has 0 N–H and O–H groups in total. The quantitative estimate of drug-likeness (QED) is 0.680. The topological polar surface area (TPSA) is 71.7 Å². The SMILES string of the molecule is COC(=O)CC1(CN2CCN(C(C)c3nc(-c4ccccc4)no3)CC2)CC1. The lowest BCUT2D eigenvalue weighted by atomic mass is 10.0. The minimum Gasteiger partial charge on any atom is -0.469 e. The van der Waals surface area contributed by atoms with Crippen LogP contribution >= 0.6 is 0 Å². The van der Waals surface area contributed by atoms with Gasteiger partial charge < -0.3 is 14.2 Å². The first-order valence-corrected chi connectivity index (χ1v) is 10.0. The highest BCUT2D eigenvalue weighted by molar-refractivity contribution is 5.70. The average Bonchev–Trinajstić information content (AvgIpc) is 3.29. The van der Waals surface area contributed by atoms with Crippen LogP contribution in [-0.4, -0.2) is 65.7 Å². The molecule has 1 aromatic carbocycles. The molecule has 1 atom stereocenters. The molecule has 1 aliphatic carbocycles. The van der Waals surface area contributed by atoms with E-state index in [0.29, 0.717) is 18.1 Å². The fourth-order valence-electron chi connectivity index (χ4n) is 3.99. The Morgan fingerprint density at radius 3 is 2.57 bits per heavy atom. The zero-order valence-electron chi connectivity index (χ0n) is 16.6.